The number of allylic oxidation sites excluding steroid dienone is 1. The van der Waals surface area contributed by atoms with Gasteiger partial charge in [0.25, 0.3) is 0 Å². The van der Waals surface area contributed by atoms with Gasteiger partial charge in [0.15, 0.2) is 0 Å². The average Bonchev–Trinajstić information content (AvgIpc) is 1.97. The van der Waals surface area contributed by atoms with Crippen molar-refractivity contribution in [1.82, 2.24) is 0 Å². The number of carbonyl (C=O) groups is 1. The highest BCUT2D eigenvalue weighted by molar-refractivity contribution is 6.78. The van der Waals surface area contributed by atoms with Crippen LogP contribution in [0.5, 0.6) is 0 Å². The predicted molar refractivity (Wildman–Crippen MR) is 69.2 cm³/mol. The van der Waals surface area contributed by atoms with Crippen LogP contribution in [-0.2, 0) is 9.53 Å². The van der Waals surface area contributed by atoms with Crippen molar-refractivity contribution in [2.45, 2.75) is 37.1 Å². The van der Waals surface area contributed by atoms with Crippen molar-refractivity contribution in [3.63, 3.8) is 0 Å². The van der Waals surface area contributed by atoms with Crippen LogP contribution < -0.4 is 0 Å². The van der Waals surface area contributed by atoms with Crippen LogP contribution in [0.4, 0.5) is 0 Å². The van der Waals surface area contributed by atoms with Crippen molar-refractivity contribution in [2.24, 2.45) is 0 Å². The summed E-state index contributed by atoms with van der Waals surface area (Å²) < 4.78 is 2.90. The number of rotatable bonds is 2. The molecule has 0 heterocycles. The molecule has 0 aliphatic rings. The van der Waals surface area contributed by atoms with E-state index in [9.17, 15) is 9.90 Å². The van der Waals surface area contributed by atoms with Crippen LogP contribution in [-0.4, -0.2) is 26.2 Å². The van der Waals surface area contributed by atoms with Crippen LogP contribution in [0.2, 0.25) is 0 Å². The summed E-state index contributed by atoms with van der Waals surface area (Å²) in [6.45, 7) is 6.15. The number of aliphatic hydroxyl groups is 1. The van der Waals surface area contributed by atoms with Crippen LogP contribution >= 0.6 is 34.8 Å². The molecule has 0 aliphatic carbocycles. The summed E-state index contributed by atoms with van der Waals surface area (Å²) in [5.41, 5.74) is -1.84. The highest BCUT2D eigenvalue weighted by Crippen LogP contribution is 2.32. The first-order chi connectivity index (χ1) is 7.36. The maximum Gasteiger partial charge on any atom is 0.344 e. The van der Waals surface area contributed by atoms with Gasteiger partial charge in [-0.15, -0.1) is 0 Å². The van der Waals surface area contributed by atoms with E-state index in [2.05, 4.69) is 0 Å². The van der Waals surface area contributed by atoms with Gasteiger partial charge in [-0.05, 0) is 27.7 Å². The molecule has 98 valence electrons. The maximum atomic E-state index is 11.7. The first-order valence-corrected chi connectivity index (χ1v) is 5.79. The second kappa shape index (κ2) is 5.46. The lowest BCUT2D eigenvalue weighted by Crippen LogP contribution is -2.32. The molecule has 17 heavy (non-hydrogen) atoms. The minimum absolute atomic E-state index is 0.435. The molecule has 0 aromatic rings. The highest BCUT2D eigenvalue weighted by atomic mass is 35.6. The summed E-state index contributed by atoms with van der Waals surface area (Å²) in [4.78, 5) is 11.7. The molecular formula is C10H14Cl3NO3. The molecule has 0 unspecified atom stereocenters. The second-order valence-electron chi connectivity index (χ2n) is 4.34. The van der Waals surface area contributed by atoms with Gasteiger partial charge in [-0.3, -0.25) is 5.41 Å². The number of carbonyl (C=O) groups excluding carboxylic acids is 1. The standard InChI is InChI=1S/C10H14Cl3NO3/c1-5(15)6(7(14)10(11,12)13)8(16)17-9(2,3)4/h14-15H,1-4H3. The Morgan fingerprint density at radius 3 is 1.88 bits per heavy atom. The van der Waals surface area contributed by atoms with E-state index < -0.39 is 32.4 Å². The van der Waals surface area contributed by atoms with Gasteiger partial charge in [-0.2, -0.15) is 0 Å². The number of halogens is 3. The van der Waals surface area contributed by atoms with Gasteiger partial charge in [0.1, 0.15) is 22.6 Å². The average molecular weight is 303 g/mol. The monoisotopic (exact) mass is 301 g/mol. The first kappa shape index (κ1) is 16.6. The van der Waals surface area contributed by atoms with Crippen molar-refractivity contribution < 1.29 is 14.6 Å². The summed E-state index contributed by atoms with van der Waals surface area (Å²) in [6.07, 6.45) is 0. The molecule has 0 rings (SSSR count). The van der Waals surface area contributed by atoms with Gasteiger partial charge in [0.2, 0.25) is 3.79 Å². The summed E-state index contributed by atoms with van der Waals surface area (Å²) in [6, 6.07) is 0. The SMILES string of the molecule is CC(O)=C(C(=N)C(Cl)(Cl)Cl)C(=O)OC(C)(C)C. The van der Waals surface area contributed by atoms with Gasteiger partial charge in [-0.1, -0.05) is 34.8 Å². The van der Waals surface area contributed by atoms with E-state index in [1.807, 2.05) is 0 Å². The highest BCUT2D eigenvalue weighted by Gasteiger charge is 2.36. The summed E-state index contributed by atoms with van der Waals surface area (Å²) in [7, 11) is 0. The number of alkyl halides is 3. The number of nitrogens with one attached hydrogen (secondary N) is 1. The van der Waals surface area contributed by atoms with E-state index >= 15 is 0 Å². The molecule has 0 spiro atoms. The zero-order valence-corrected chi connectivity index (χ0v) is 12.2. The Labute approximate surface area is 115 Å². The molecular weight excluding hydrogens is 288 g/mol. The fourth-order valence-corrected chi connectivity index (χ4v) is 1.19. The Balaban J connectivity index is 5.26. The lowest BCUT2D eigenvalue weighted by Gasteiger charge is -2.22. The van der Waals surface area contributed by atoms with Gasteiger partial charge >= 0.3 is 5.97 Å². The van der Waals surface area contributed by atoms with Crippen LogP contribution in [0, 0.1) is 5.41 Å². The molecule has 0 amide bonds. The van der Waals surface area contributed by atoms with Crippen molar-refractivity contribution in [3.05, 3.63) is 11.3 Å². The Morgan fingerprint density at radius 1 is 1.24 bits per heavy atom. The third kappa shape index (κ3) is 5.61. The van der Waals surface area contributed by atoms with Crippen molar-refractivity contribution >= 4 is 46.5 Å². The molecule has 0 fully saturated rings. The zero-order valence-electron chi connectivity index (χ0n) is 9.90. The Hall–Kier alpha value is -0.450. The largest absolute Gasteiger partial charge is 0.512 e. The molecule has 4 nitrogen and oxygen atoms in total. The Kier molecular flexibility index (Phi) is 5.32. The maximum absolute atomic E-state index is 11.7. The molecule has 0 aromatic carbocycles. The van der Waals surface area contributed by atoms with Gasteiger partial charge in [0.05, 0.1) is 0 Å². The first-order valence-electron chi connectivity index (χ1n) is 4.65. The van der Waals surface area contributed by atoms with E-state index in [4.69, 9.17) is 44.9 Å². The van der Waals surface area contributed by atoms with E-state index in [1.54, 1.807) is 20.8 Å². The molecule has 7 heteroatoms. The summed E-state index contributed by atoms with van der Waals surface area (Å²) in [5, 5.41) is 16.9. The molecule has 0 saturated carbocycles. The van der Waals surface area contributed by atoms with Crippen molar-refractivity contribution in [1.29, 1.82) is 5.41 Å². The fourth-order valence-electron chi connectivity index (χ4n) is 0.902. The topological polar surface area (TPSA) is 70.4 Å². The molecule has 0 bridgehead atoms. The molecule has 0 atom stereocenters. The summed E-state index contributed by atoms with van der Waals surface area (Å²) >= 11 is 16.5. The third-order valence-corrected chi connectivity index (χ3v) is 2.07. The van der Waals surface area contributed by atoms with Crippen molar-refractivity contribution in [3.8, 4) is 0 Å². The van der Waals surface area contributed by atoms with Gasteiger partial charge in [0, 0.05) is 0 Å². The lowest BCUT2D eigenvalue weighted by atomic mass is 10.1. The Bertz CT molecular complexity index is 360. The molecule has 0 aliphatic heterocycles. The minimum atomic E-state index is -2.10. The third-order valence-electron chi connectivity index (χ3n) is 1.50. The lowest BCUT2D eigenvalue weighted by molar-refractivity contribution is -0.149. The van der Waals surface area contributed by atoms with E-state index in [-0.39, 0.29) is 0 Å². The Morgan fingerprint density at radius 2 is 1.65 bits per heavy atom. The summed E-state index contributed by atoms with van der Waals surface area (Å²) in [5.74, 6) is -1.34. The smallest absolute Gasteiger partial charge is 0.344 e. The molecule has 2 N–H and O–H groups in total. The van der Waals surface area contributed by atoms with E-state index in [1.165, 1.54) is 6.92 Å². The quantitative estimate of drug-likeness (QED) is 0.269. The van der Waals surface area contributed by atoms with Crippen LogP contribution in [0.3, 0.4) is 0 Å². The van der Waals surface area contributed by atoms with Crippen molar-refractivity contribution in [2.75, 3.05) is 0 Å². The van der Waals surface area contributed by atoms with Crippen LogP contribution in [0.25, 0.3) is 0 Å². The van der Waals surface area contributed by atoms with Gasteiger partial charge in [-0.25, -0.2) is 4.79 Å². The number of ether oxygens (including phenoxy) is 1. The van der Waals surface area contributed by atoms with Crippen LogP contribution in [0.1, 0.15) is 27.7 Å². The number of aliphatic hydroxyl groups excluding tert-OH is 1. The molecule has 0 saturated heterocycles. The van der Waals surface area contributed by atoms with Crippen LogP contribution in [0.15, 0.2) is 11.3 Å². The number of esters is 1. The number of hydrogen-bond acceptors (Lipinski definition) is 4. The number of hydrogen-bond donors (Lipinski definition) is 2. The second-order valence-corrected chi connectivity index (χ2v) is 6.62. The minimum Gasteiger partial charge on any atom is -0.512 e. The molecule has 0 radical (unpaired) electrons. The van der Waals surface area contributed by atoms with Gasteiger partial charge < -0.3 is 9.84 Å². The normalized spacial score (nSPS) is 14.1. The molecule has 0 aromatic heterocycles. The predicted octanol–water partition coefficient (Wildman–Crippen LogP) is 3.55. The van der Waals surface area contributed by atoms with E-state index in [0.717, 1.165) is 0 Å². The van der Waals surface area contributed by atoms with E-state index in [0.29, 0.717) is 0 Å². The fraction of sp³-hybridized carbons (Fsp3) is 0.600. The zero-order chi connectivity index (χ0) is 14.0.